The van der Waals surface area contributed by atoms with Gasteiger partial charge in [-0.05, 0) is 37.0 Å². The first-order valence-corrected chi connectivity index (χ1v) is 7.56. The molecule has 0 bridgehead atoms. The van der Waals surface area contributed by atoms with Crippen LogP contribution in [0.2, 0.25) is 0 Å². The van der Waals surface area contributed by atoms with Crippen molar-refractivity contribution >= 4 is 17.4 Å². The van der Waals surface area contributed by atoms with Gasteiger partial charge in [-0.25, -0.2) is 0 Å². The van der Waals surface area contributed by atoms with Crippen LogP contribution in [-0.2, 0) is 15.8 Å². The third-order valence-corrected chi connectivity index (χ3v) is 4.15. The van der Waals surface area contributed by atoms with Crippen molar-refractivity contribution in [3.05, 3.63) is 41.5 Å². The quantitative estimate of drug-likeness (QED) is 0.857. The van der Waals surface area contributed by atoms with Crippen molar-refractivity contribution in [2.75, 3.05) is 13.1 Å². The number of rotatable bonds is 3. The van der Waals surface area contributed by atoms with E-state index in [9.17, 15) is 22.8 Å². The first-order chi connectivity index (χ1) is 11.2. The van der Waals surface area contributed by atoms with Gasteiger partial charge < -0.3 is 10.0 Å². The molecule has 1 N–H and O–H groups in total. The van der Waals surface area contributed by atoms with E-state index in [-0.39, 0.29) is 11.1 Å². The van der Waals surface area contributed by atoms with E-state index in [0.717, 1.165) is 6.07 Å². The summed E-state index contributed by atoms with van der Waals surface area (Å²) in [6.07, 6.45) is -2.60. The molecule has 0 unspecified atom stereocenters. The van der Waals surface area contributed by atoms with E-state index < -0.39 is 29.5 Å². The van der Waals surface area contributed by atoms with Crippen LogP contribution in [-0.4, -0.2) is 35.0 Å². The summed E-state index contributed by atoms with van der Waals surface area (Å²) in [4.78, 5) is 24.6. The van der Waals surface area contributed by atoms with E-state index in [1.807, 2.05) is 0 Å². The normalized spacial score (nSPS) is 17.0. The van der Waals surface area contributed by atoms with Gasteiger partial charge in [0.1, 0.15) is 0 Å². The molecule has 0 aliphatic carbocycles. The van der Waals surface area contributed by atoms with Gasteiger partial charge in [-0.3, -0.25) is 9.59 Å². The van der Waals surface area contributed by atoms with Gasteiger partial charge in [0.2, 0.25) is 5.91 Å². The van der Waals surface area contributed by atoms with E-state index >= 15 is 0 Å². The molecular formula is C17H18F3NO3. The van der Waals surface area contributed by atoms with Crippen LogP contribution in [0.1, 0.15) is 30.9 Å². The predicted molar refractivity (Wildman–Crippen MR) is 82.0 cm³/mol. The Bertz CT molecular complexity index is 659. The molecule has 1 aliphatic rings. The van der Waals surface area contributed by atoms with Crippen LogP contribution in [0.3, 0.4) is 0 Å². The fraction of sp³-hybridized carbons (Fsp3) is 0.412. The van der Waals surface area contributed by atoms with Gasteiger partial charge >= 0.3 is 12.1 Å². The van der Waals surface area contributed by atoms with E-state index in [0.29, 0.717) is 25.9 Å². The molecule has 2 rings (SSSR count). The summed E-state index contributed by atoms with van der Waals surface area (Å²) in [7, 11) is 0. The zero-order valence-electron chi connectivity index (χ0n) is 13.1. The summed E-state index contributed by atoms with van der Waals surface area (Å²) in [6, 6.07) is 5.11. The smallest absolute Gasteiger partial charge is 0.416 e. The molecule has 7 heteroatoms. The van der Waals surface area contributed by atoms with E-state index in [1.54, 1.807) is 0 Å². The van der Waals surface area contributed by atoms with Crippen molar-refractivity contribution in [2.24, 2.45) is 5.92 Å². The summed E-state index contributed by atoms with van der Waals surface area (Å²) in [5.74, 6) is -1.74. The third kappa shape index (κ3) is 4.15. The number of piperidine rings is 1. The highest BCUT2D eigenvalue weighted by atomic mass is 19.4. The third-order valence-electron chi connectivity index (χ3n) is 4.15. The molecule has 1 heterocycles. The van der Waals surface area contributed by atoms with Gasteiger partial charge in [-0.2, -0.15) is 13.2 Å². The zero-order chi connectivity index (χ0) is 17.9. The monoisotopic (exact) mass is 341 g/mol. The van der Waals surface area contributed by atoms with Crippen LogP contribution in [0, 0.1) is 5.92 Å². The molecule has 1 aliphatic heterocycles. The second-order valence-electron chi connectivity index (χ2n) is 5.81. The molecule has 4 nitrogen and oxygen atoms in total. The summed E-state index contributed by atoms with van der Waals surface area (Å²) < 4.78 is 39.1. The number of likely N-dealkylation sites (tertiary alicyclic amines) is 1. The van der Waals surface area contributed by atoms with Crippen LogP contribution in [0.4, 0.5) is 13.2 Å². The number of benzene rings is 1. The molecule has 130 valence electrons. The Kier molecular flexibility index (Phi) is 5.31. The SMILES string of the molecule is C/C(=C\C(=O)N1CCC(C(=O)O)CC1)c1ccccc1C(F)(F)F. The number of amides is 1. The molecule has 1 aromatic carbocycles. The number of alkyl halides is 3. The topological polar surface area (TPSA) is 57.6 Å². The van der Waals surface area contributed by atoms with Crippen molar-refractivity contribution in [1.29, 1.82) is 0 Å². The van der Waals surface area contributed by atoms with Gasteiger partial charge in [-0.1, -0.05) is 18.2 Å². The van der Waals surface area contributed by atoms with Crippen molar-refractivity contribution < 1.29 is 27.9 Å². The van der Waals surface area contributed by atoms with Crippen molar-refractivity contribution in [3.63, 3.8) is 0 Å². The molecule has 0 atom stereocenters. The Labute approximate surface area is 137 Å². The average Bonchev–Trinajstić information content (AvgIpc) is 2.54. The minimum Gasteiger partial charge on any atom is -0.481 e. The Morgan fingerprint density at radius 3 is 2.33 bits per heavy atom. The molecule has 0 aromatic heterocycles. The molecule has 1 aromatic rings. The highest BCUT2D eigenvalue weighted by Crippen LogP contribution is 2.34. The lowest BCUT2D eigenvalue weighted by molar-refractivity contribution is -0.144. The van der Waals surface area contributed by atoms with Crippen molar-refractivity contribution in [1.82, 2.24) is 4.90 Å². The minimum absolute atomic E-state index is 0.0289. The van der Waals surface area contributed by atoms with Crippen molar-refractivity contribution in [3.8, 4) is 0 Å². The Hall–Kier alpha value is -2.31. The molecule has 1 amide bonds. The summed E-state index contributed by atoms with van der Waals surface area (Å²) in [6.45, 7) is 2.05. The Balaban J connectivity index is 2.15. The molecule has 1 saturated heterocycles. The number of allylic oxidation sites excluding steroid dienone is 1. The molecule has 0 spiro atoms. The van der Waals surface area contributed by atoms with Gasteiger partial charge in [0, 0.05) is 19.2 Å². The van der Waals surface area contributed by atoms with Gasteiger partial charge in [0.05, 0.1) is 11.5 Å². The summed E-state index contributed by atoms with van der Waals surface area (Å²) >= 11 is 0. The number of hydrogen-bond acceptors (Lipinski definition) is 2. The van der Waals surface area contributed by atoms with E-state index in [1.165, 1.54) is 36.1 Å². The molecule has 1 fully saturated rings. The second-order valence-corrected chi connectivity index (χ2v) is 5.81. The van der Waals surface area contributed by atoms with Gasteiger partial charge in [-0.15, -0.1) is 0 Å². The van der Waals surface area contributed by atoms with Crippen LogP contribution >= 0.6 is 0 Å². The highest BCUT2D eigenvalue weighted by Gasteiger charge is 2.33. The first-order valence-electron chi connectivity index (χ1n) is 7.56. The zero-order valence-corrected chi connectivity index (χ0v) is 13.1. The van der Waals surface area contributed by atoms with Crippen LogP contribution in [0.15, 0.2) is 30.3 Å². The lowest BCUT2D eigenvalue weighted by Crippen LogP contribution is -2.39. The number of nitrogens with zero attached hydrogens (tertiary/aromatic N) is 1. The number of carbonyl (C=O) groups is 2. The maximum atomic E-state index is 13.0. The summed E-state index contributed by atoms with van der Waals surface area (Å²) in [5, 5.41) is 8.94. The minimum atomic E-state index is -4.49. The number of hydrogen-bond donors (Lipinski definition) is 1. The number of halogens is 3. The maximum Gasteiger partial charge on any atom is 0.416 e. The number of carboxylic acids is 1. The van der Waals surface area contributed by atoms with E-state index in [2.05, 4.69) is 0 Å². The largest absolute Gasteiger partial charge is 0.481 e. The second kappa shape index (κ2) is 7.07. The van der Waals surface area contributed by atoms with Crippen molar-refractivity contribution in [2.45, 2.75) is 25.9 Å². The highest BCUT2D eigenvalue weighted by molar-refractivity contribution is 5.95. The summed E-state index contributed by atoms with van der Waals surface area (Å²) in [5.41, 5.74) is -0.580. The Morgan fingerprint density at radius 2 is 1.79 bits per heavy atom. The van der Waals surface area contributed by atoms with Crippen LogP contribution in [0.5, 0.6) is 0 Å². The average molecular weight is 341 g/mol. The van der Waals surface area contributed by atoms with Crippen LogP contribution in [0.25, 0.3) is 5.57 Å². The molecule has 0 saturated carbocycles. The lowest BCUT2D eigenvalue weighted by atomic mass is 9.96. The van der Waals surface area contributed by atoms with Gasteiger partial charge in [0.25, 0.3) is 0 Å². The fourth-order valence-electron chi connectivity index (χ4n) is 2.78. The number of carboxylic acid groups (broad SMARTS) is 1. The van der Waals surface area contributed by atoms with E-state index in [4.69, 9.17) is 5.11 Å². The van der Waals surface area contributed by atoms with Crippen LogP contribution < -0.4 is 0 Å². The van der Waals surface area contributed by atoms with Gasteiger partial charge in [0.15, 0.2) is 0 Å². The molecule has 24 heavy (non-hydrogen) atoms. The number of aliphatic carboxylic acids is 1. The fourth-order valence-corrected chi connectivity index (χ4v) is 2.78. The standard InChI is InChI=1S/C17H18F3NO3/c1-11(13-4-2-3-5-14(13)17(18,19)20)10-15(22)21-8-6-12(7-9-21)16(23)24/h2-5,10,12H,6-9H2,1H3,(H,23,24)/b11-10+. The predicted octanol–water partition coefficient (Wildman–Crippen LogP) is 3.43. The molecule has 0 radical (unpaired) electrons. The lowest BCUT2D eigenvalue weighted by Gasteiger charge is -2.29. The molecular weight excluding hydrogens is 323 g/mol. The Morgan fingerprint density at radius 1 is 1.21 bits per heavy atom. The number of carbonyl (C=O) groups excluding carboxylic acids is 1. The maximum absolute atomic E-state index is 13.0. The first kappa shape index (κ1) is 18.0.